The Kier molecular flexibility index (Phi) is 15.8. The van der Waals surface area contributed by atoms with Crippen LogP contribution in [-0.4, -0.2) is 0 Å². The second kappa shape index (κ2) is 11.5. The molecule has 0 saturated heterocycles. The van der Waals surface area contributed by atoms with Crippen LogP contribution < -0.4 is 0 Å². The first-order valence-corrected chi connectivity index (χ1v) is 3.71. The van der Waals surface area contributed by atoms with Gasteiger partial charge in [0.1, 0.15) is 0 Å². The minimum absolute atomic E-state index is 0. The molecule has 0 bridgehead atoms. The van der Waals surface area contributed by atoms with Gasteiger partial charge in [-0.2, -0.15) is 6.42 Å². The van der Waals surface area contributed by atoms with E-state index in [1.807, 2.05) is 0 Å². The van der Waals surface area contributed by atoms with E-state index in [2.05, 4.69) is 13.8 Å². The predicted octanol–water partition coefficient (Wildman–Crippen LogP) is 3.18. The molecule has 0 heterocycles. The van der Waals surface area contributed by atoms with Crippen LogP contribution in [0.15, 0.2) is 0 Å². The van der Waals surface area contributed by atoms with E-state index in [1.54, 1.807) is 0 Å². The smallest absolute Gasteiger partial charge is 0 e. The molecule has 54 valence electrons. The largest absolute Gasteiger partial charge is 0.343 e. The molecule has 0 atom stereocenters. The fraction of sp³-hybridized carbons (Fsp3) is 0.875. The first-order chi connectivity index (χ1) is 3.91. The average Bonchev–Trinajstić information content (AvgIpc) is 1.81. The van der Waals surface area contributed by atoms with E-state index in [4.69, 9.17) is 0 Å². The first kappa shape index (κ1) is 12.4. The van der Waals surface area contributed by atoms with Crippen LogP contribution in [0.3, 0.4) is 0 Å². The van der Waals surface area contributed by atoms with Crippen molar-refractivity contribution in [2.24, 2.45) is 0 Å². The summed E-state index contributed by atoms with van der Waals surface area (Å²) in [6, 6.07) is 0. The van der Waals surface area contributed by atoms with E-state index < -0.39 is 0 Å². The summed E-state index contributed by atoms with van der Waals surface area (Å²) in [7, 11) is 0. The van der Waals surface area contributed by atoms with Gasteiger partial charge in [-0.25, -0.2) is 0 Å². The van der Waals surface area contributed by atoms with Gasteiger partial charge in [-0.1, -0.05) is 39.0 Å². The maximum absolute atomic E-state index is 3.78. The molecule has 1 heteroatoms. The molecular formula is C8H17Ti-. The van der Waals surface area contributed by atoms with Crippen molar-refractivity contribution in [3.63, 3.8) is 0 Å². The van der Waals surface area contributed by atoms with Crippen molar-refractivity contribution in [1.82, 2.24) is 0 Å². The Morgan fingerprint density at radius 1 is 1.00 bits per heavy atom. The summed E-state index contributed by atoms with van der Waals surface area (Å²) < 4.78 is 0. The molecule has 0 spiro atoms. The van der Waals surface area contributed by atoms with Crippen LogP contribution in [-0.2, 0) is 21.7 Å². The third-order valence-corrected chi connectivity index (χ3v) is 1.35. The van der Waals surface area contributed by atoms with Gasteiger partial charge in [0.25, 0.3) is 0 Å². The Hall–Kier alpha value is 0.714. The van der Waals surface area contributed by atoms with Gasteiger partial charge in [0.15, 0.2) is 0 Å². The molecule has 0 aromatic rings. The molecule has 0 nitrogen and oxygen atoms in total. The molecule has 0 saturated carbocycles. The summed E-state index contributed by atoms with van der Waals surface area (Å²) in [5, 5.41) is 0. The van der Waals surface area contributed by atoms with Crippen molar-refractivity contribution >= 4 is 0 Å². The molecule has 0 rings (SSSR count). The van der Waals surface area contributed by atoms with Crippen LogP contribution in [0, 0.1) is 6.92 Å². The van der Waals surface area contributed by atoms with Crippen LogP contribution in [0.4, 0.5) is 0 Å². The van der Waals surface area contributed by atoms with E-state index >= 15 is 0 Å². The number of rotatable bonds is 5. The maximum Gasteiger partial charge on any atom is 0 e. The van der Waals surface area contributed by atoms with Crippen molar-refractivity contribution in [3.05, 3.63) is 6.92 Å². The predicted molar refractivity (Wildman–Crippen MR) is 38.7 cm³/mol. The SMILES string of the molecule is [CH2-]CCCCCCC.[Ti]. The minimum atomic E-state index is 0. The zero-order valence-corrected chi connectivity index (χ0v) is 8.01. The zero-order chi connectivity index (χ0) is 6.24. The van der Waals surface area contributed by atoms with Gasteiger partial charge in [0.2, 0.25) is 0 Å². The van der Waals surface area contributed by atoms with Crippen molar-refractivity contribution in [2.75, 3.05) is 0 Å². The Labute approximate surface area is 74.3 Å². The molecule has 0 radical (unpaired) electrons. The van der Waals surface area contributed by atoms with Crippen LogP contribution in [0.2, 0.25) is 0 Å². The first-order valence-electron chi connectivity index (χ1n) is 3.71. The molecule has 0 N–H and O–H groups in total. The molecule has 0 amide bonds. The van der Waals surface area contributed by atoms with Gasteiger partial charge >= 0.3 is 0 Å². The molecular weight excluding hydrogens is 144 g/mol. The summed E-state index contributed by atoms with van der Waals surface area (Å²) in [6.07, 6.45) is 7.98. The fourth-order valence-corrected chi connectivity index (χ4v) is 0.780. The average molecular weight is 161 g/mol. The Bertz CT molecular complexity index is 29.5. The third-order valence-electron chi connectivity index (χ3n) is 1.35. The van der Waals surface area contributed by atoms with Crippen molar-refractivity contribution < 1.29 is 21.7 Å². The van der Waals surface area contributed by atoms with Crippen LogP contribution in [0.1, 0.15) is 45.4 Å². The quantitative estimate of drug-likeness (QED) is 0.330. The molecule has 0 aliphatic heterocycles. The summed E-state index contributed by atoms with van der Waals surface area (Å²) in [6.45, 7) is 6.02. The van der Waals surface area contributed by atoms with Crippen molar-refractivity contribution in [1.29, 1.82) is 0 Å². The van der Waals surface area contributed by atoms with Crippen LogP contribution >= 0.6 is 0 Å². The Morgan fingerprint density at radius 3 is 2.00 bits per heavy atom. The topological polar surface area (TPSA) is 0 Å². The third kappa shape index (κ3) is 12.0. The Morgan fingerprint density at radius 2 is 1.56 bits per heavy atom. The number of hydrogen-bond acceptors (Lipinski definition) is 0. The standard InChI is InChI=1S/C8H17.Ti/c1-3-5-7-8-6-4-2;/h1,3-8H2,2H3;/q-1;. The van der Waals surface area contributed by atoms with Gasteiger partial charge in [0.05, 0.1) is 0 Å². The van der Waals surface area contributed by atoms with E-state index in [0.717, 1.165) is 6.42 Å². The van der Waals surface area contributed by atoms with Gasteiger partial charge in [-0.05, 0) is 0 Å². The van der Waals surface area contributed by atoms with Crippen LogP contribution in [0.25, 0.3) is 0 Å². The second-order valence-corrected chi connectivity index (χ2v) is 2.27. The van der Waals surface area contributed by atoms with Gasteiger partial charge in [-0.15, -0.1) is 0 Å². The molecule has 0 aromatic carbocycles. The Balaban J connectivity index is 0. The van der Waals surface area contributed by atoms with E-state index in [0.29, 0.717) is 0 Å². The van der Waals surface area contributed by atoms with Gasteiger partial charge in [0, 0.05) is 21.7 Å². The van der Waals surface area contributed by atoms with E-state index in [-0.39, 0.29) is 21.7 Å². The summed E-state index contributed by atoms with van der Waals surface area (Å²) in [4.78, 5) is 0. The van der Waals surface area contributed by atoms with Crippen molar-refractivity contribution in [2.45, 2.75) is 45.4 Å². The van der Waals surface area contributed by atoms with Crippen LogP contribution in [0.5, 0.6) is 0 Å². The van der Waals surface area contributed by atoms with Gasteiger partial charge < -0.3 is 6.92 Å². The molecule has 9 heavy (non-hydrogen) atoms. The van der Waals surface area contributed by atoms with Crippen molar-refractivity contribution in [3.8, 4) is 0 Å². The molecule has 0 fully saturated rings. The summed E-state index contributed by atoms with van der Waals surface area (Å²) in [5.41, 5.74) is 0. The molecule has 0 unspecified atom stereocenters. The molecule has 0 aliphatic rings. The monoisotopic (exact) mass is 161 g/mol. The number of unbranched alkanes of at least 4 members (excludes halogenated alkanes) is 5. The molecule has 0 aliphatic carbocycles. The number of hydrogen-bond donors (Lipinski definition) is 0. The summed E-state index contributed by atoms with van der Waals surface area (Å²) in [5.74, 6) is 0. The molecule has 0 aromatic heterocycles. The minimum Gasteiger partial charge on any atom is -0.343 e. The summed E-state index contributed by atoms with van der Waals surface area (Å²) >= 11 is 0. The normalized spacial score (nSPS) is 8.67. The van der Waals surface area contributed by atoms with Gasteiger partial charge in [-0.3, -0.25) is 0 Å². The second-order valence-electron chi connectivity index (χ2n) is 2.27. The zero-order valence-electron chi connectivity index (χ0n) is 6.45. The van der Waals surface area contributed by atoms with E-state index in [1.165, 1.54) is 32.1 Å². The fourth-order valence-electron chi connectivity index (χ4n) is 0.780. The van der Waals surface area contributed by atoms with E-state index in [9.17, 15) is 0 Å². The maximum atomic E-state index is 3.78.